The number of rotatable bonds is 5. The van der Waals surface area contributed by atoms with Gasteiger partial charge in [-0.2, -0.15) is 4.98 Å². The minimum atomic E-state index is -3.30. The van der Waals surface area contributed by atoms with Crippen LogP contribution >= 0.6 is 0 Å². The molecule has 0 radical (unpaired) electrons. The maximum Gasteiger partial charge on any atom is 0.234 e. The molecule has 2 aromatic carbocycles. The average molecular weight is 357 g/mol. The molecule has 0 saturated heterocycles. The molecule has 1 aromatic heterocycles. The van der Waals surface area contributed by atoms with Crippen LogP contribution in [0.3, 0.4) is 0 Å². The van der Waals surface area contributed by atoms with Crippen LogP contribution in [0.2, 0.25) is 0 Å². The SMILES string of the molecule is Cc1cccc(C(C)c2nc(-c3ccc(NS(C)(=O)=O)cc3)no2)c1. The van der Waals surface area contributed by atoms with E-state index in [9.17, 15) is 8.42 Å². The van der Waals surface area contributed by atoms with Gasteiger partial charge in [-0.15, -0.1) is 0 Å². The Morgan fingerprint density at radius 2 is 1.84 bits per heavy atom. The van der Waals surface area contributed by atoms with Crippen molar-refractivity contribution in [2.24, 2.45) is 0 Å². The Morgan fingerprint density at radius 3 is 2.48 bits per heavy atom. The van der Waals surface area contributed by atoms with E-state index >= 15 is 0 Å². The van der Waals surface area contributed by atoms with Gasteiger partial charge in [0.05, 0.1) is 12.2 Å². The van der Waals surface area contributed by atoms with Crippen molar-refractivity contribution in [3.63, 3.8) is 0 Å². The van der Waals surface area contributed by atoms with Crippen molar-refractivity contribution >= 4 is 15.7 Å². The van der Waals surface area contributed by atoms with Crippen molar-refractivity contribution in [3.8, 4) is 11.4 Å². The molecule has 130 valence electrons. The highest BCUT2D eigenvalue weighted by Crippen LogP contribution is 2.26. The summed E-state index contributed by atoms with van der Waals surface area (Å²) in [6.07, 6.45) is 1.11. The minimum Gasteiger partial charge on any atom is -0.338 e. The quantitative estimate of drug-likeness (QED) is 0.754. The van der Waals surface area contributed by atoms with E-state index < -0.39 is 10.0 Å². The fraction of sp³-hybridized carbons (Fsp3) is 0.222. The smallest absolute Gasteiger partial charge is 0.234 e. The molecule has 3 aromatic rings. The van der Waals surface area contributed by atoms with Gasteiger partial charge in [0, 0.05) is 11.3 Å². The van der Waals surface area contributed by atoms with Crippen LogP contribution in [0.15, 0.2) is 53.1 Å². The number of hydrogen-bond donors (Lipinski definition) is 1. The molecule has 0 aliphatic rings. The molecule has 0 aliphatic carbocycles. The fourth-order valence-electron chi connectivity index (χ4n) is 2.51. The zero-order valence-corrected chi connectivity index (χ0v) is 15.0. The molecule has 3 rings (SSSR count). The zero-order chi connectivity index (χ0) is 18.0. The molecule has 0 fully saturated rings. The lowest BCUT2D eigenvalue weighted by Crippen LogP contribution is -2.09. The predicted molar refractivity (Wildman–Crippen MR) is 96.9 cm³/mol. The summed E-state index contributed by atoms with van der Waals surface area (Å²) in [5.41, 5.74) is 3.54. The molecule has 0 amide bonds. The number of nitrogens with one attached hydrogen (secondary N) is 1. The highest BCUT2D eigenvalue weighted by molar-refractivity contribution is 7.92. The van der Waals surface area contributed by atoms with Gasteiger partial charge in [0.15, 0.2) is 0 Å². The van der Waals surface area contributed by atoms with E-state index in [1.165, 1.54) is 5.56 Å². The van der Waals surface area contributed by atoms with Crippen molar-refractivity contribution in [2.45, 2.75) is 19.8 Å². The van der Waals surface area contributed by atoms with Crippen LogP contribution < -0.4 is 4.72 Å². The Hall–Kier alpha value is -2.67. The molecule has 0 bridgehead atoms. The lowest BCUT2D eigenvalue weighted by Gasteiger charge is -2.07. The molecule has 1 heterocycles. The third kappa shape index (κ3) is 4.24. The van der Waals surface area contributed by atoms with Crippen molar-refractivity contribution in [1.82, 2.24) is 10.1 Å². The number of hydrogen-bond acceptors (Lipinski definition) is 5. The van der Waals surface area contributed by atoms with Crippen LogP contribution in [-0.2, 0) is 10.0 Å². The van der Waals surface area contributed by atoms with E-state index in [1.54, 1.807) is 24.3 Å². The highest BCUT2D eigenvalue weighted by atomic mass is 32.2. The van der Waals surface area contributed by atoms with Crippen LogP contribution in [0.5, 0.6) is 0 Å². The van der Waals surface area contributed by atoms with E-state index in [1.807, 2.05) is 32.0 Å². The van der Waals surface area contributed by atoms with E-state index in [2.05, 4.69) is 20.9 Å². The van der Waals surface area contributed by atoms with Crippen LogP contribution in [0.1, 0.15) is 29.9 Å². The number of anilines is 1. The summed E-state index contributed by atoms with van der Waals surface area (Å²) in [5.74, 6) is 1.01. The molecule has 6 nitrogen and oxygen atoms in total. The Kier molecular flexibility index (Phi) is 4.59. The number of nitrogens with zero attached hydrogens (tertiary/aromatic N) is 2. The van der Waals surface area contributed by atoms with Crippen molar-refractivity contribution in [3.05, 3.63) is 65.5 Å². The normalized spacial score (nSPS) is 12.8. The molecular formula is C18H19N3O3S. The van der Waals surface area contributed by atoms with Gasteiger partial charge in [0.2, 0.25) is 21.7 Å². The third-order valence-corrected chi connectivity index (χ3v) is 4.41. The summed E-state index contributed by atoms with van der Waals surface area (Å²) in [7, 11) is -3.30. The fourth-order valence-corrected chi connectivity index (χ4v) is 3.08. The Morgan fingerprint density at radius 1 is 1.12 bits per heavy atom. The lowest BCUT2D eigenvalue weighted by molar-refractivity contribution is 0.371. The van der Waals surface area contributed by atoms with Gasteiger partial charge in [0.1, 0.15) is 0 Å². The van der Waals surface area contributed by atoms with Gasteiger partial charge < -0.3 is 4.52 Å². The molecule has 1 N–H and O–H groups in total. The lowest BCUT2D eigenvalue weighted by atomic mass is 9.99. The summed E-state index contributed by atoms with van der Waals surface area (Å²) in [4.78, 5) is 4.47. The van der Waals surface area contributed by atoms with Gasteiger partial charge in [-0.1, -0.05) is 35.0 Å². The molecule has 1 atom stereocenters. The van der Waals surface area contributed by atoms with Crippen molar-refractivity contribution in [1.29, 1.82) is 0 Å². The molecule has 7 heteroatoms. The first kappa shape index (κ1) is 17.2. The van der Waals surface area contributed by atoms with E-state index in [0.29, 0.717) is 17.4 Å². The number of aromatic nitrogens is 2. The van der Waals surface area contributed by atoms with Crippen LogP contribution in [0, 0.1) is 6.92 Å². The maximum absolute atomic E-state index is 11.2. The highest BCUT2D eigenvalue weighted by Gasteiger charge is 2.17. The van der Waals surface area contributed by atoms with Crippen molar-refractivity contribution < 1.29 is 12.9 Å². The minimum absolute atomic E-state index is 0.00711. The van der Waals surface area contributed by atoms with Gasteiger partial charge in [-0.25, -0.2) is 8.42 Å². The van der Waals surface area contributed by atoms with Gasteiger partial charge >= 0.3 is 0 Å². The van der Waals surface area contributed by atoms with Crippen LogP contribution in [0.4, 0.5) is 5.69 Å². The summed E-state index contributed by atoms with van der Waals surface area (Å²) in [6, 6.07) is 15.0. The summed E-state index contributed by atoms with van der Waals surface area (Å²) in [5, 5.41) is 4.03. The summed E-state index contributed by atoms with van der Waals surface area (Å²) >= 11 is 0. The first-order valence-electron chi connectivity index (χ1n) is 7.80. The predicted octanol–water partition coefficient (Wildman–Crippen LogP) is 3.57. The van der Waals surface area contributed by atoms with E-state index in [-0.39, 0.29) is 5.92 Å². The second kappa shape index (κ2) is 6.68. The summed E-state index contributed by atoms with van der Waals surface area (Å²) < 4.78 is 30.3. The van der Waals surface area contributed by atoms with Crippen molar-refractivity contribution in [2.75, 3.05) is 11.0 Å². The Balaban J connectivity index is 1.81. The largest absolute Gasteiger partial charge is 0.338 e. The first-order chi connectivity index (χ1) is 11.8. The van der Waals surface area contributed by atoms with Gasteiger partial charge in [0.25, 0.3) is 0 Å². The van der Waals surface area contributed by atoms with E-state index in [4.69, 9.17) is 4.52 Å². The van der Waals surface area contributed by atoms with Gasteiger partial charge in [-0.05, 0) is 43.7 Å². The molecule has 1 unspecified atom stereocenters. The molecule has 25 heavy (non-hydrogen) atoms. The Labute approximate surface area is 147 Å². The number of sulfonamides is 1. The second-order valence-corrected chi connectivity index (χ2v) is 7.79. The zero-order valence-electron chi connectivity index (χ0n) is 14.2. The molecule has 0 saturated carbocycles. The average Bonchev–Trinajstić information content (AvgIpc) is 3.03. The maximum atomic E-state index is 11.2. The number of benzene rings is 2. The molecule has 0 spiro atoms. The van der Waals surface area contributed by atoms with Gasteiger partial charge in [-0.3, -0.25) is 4.72 Å². The summed E-state index contributed by atoms with van der Waals surface area (Å²) in [6.45, 7) is 4.06. The first-order valence-corrected chi connectivity index (χ1v) is 9.69. The standard InChI is InChI=1S/C18H19N3O3S/c1-12-5-4-6-15(11-12)13(2)18-19-17(20-24-18)14-7-9-16(10-8-14)21-25(3,22)23/h4-11,13,21H,1-3H3. The second-order valence-electron chi connectivity index (χ2n) is 6.04. The van der Waals surface area contributed by atoms with Crippen LogP contribution in [0.25, 0.3) is 11.4 Å². The number of aryl methyl sites for hydroxylation is 1. The third-order valence-electron chi connectivity index (χ3n) is 3.80. The molecular weight excluding hydrogens is 338 g/mol. The molecule has 0 aliphatic heterocycles. The monoisotopic (exact) mass is 357 g/mol. The van der Waals surface area contributed by atoms with Crippen LogP contribution in [-0.4, -0.2) is 24.8 Å². The topological polar surface area (TPSA) is 85.1 Å². The Bertz CT molecular complexity index is 979. The van der Waals surface area contributed by atoms with E-state index in [0.717, 1.165) is 17.4 Å².